The van der Waals surface area contributed by atoms with Gasteiger partial charge in [-0.15, -0.1) is 0 Å². The summed E-state index contributed by atoms with van der Waals surface area (Å²) in [4.78, 5) is 24.5. The fourth-order valence-electron chi connectivity index (χ4n) is 3.68. The molecule has 1 aliphatic rings. The second kappa shape index (κ2) is 8.47. The highest BCUT2D eigenvalue weighted by molar-refractivity contribution is 5.93. The number of aryl methyl sites for hydroxylation is 1. The first-order chi connectivity index (χ1) is 14.1. The molecule has 29 heavy (non-hydrogen) atoms. The number of piperidine rings is 1. The molecule has 2 aromatic carbocycles. The van der Waals surface area contributed by atoms with Gasteiger partial charge in [-0.2, -0.15) is 0 Å². The molecule has 1 aliphatic heterocycles. The lowest BCUT2D eigenvalue weighted by molar-refractivity contribution is -0.120. The van der Waals surface area contributed by atoms with Crippen LogP contribution in [-0.4, -0.2) is 35.6 Å². The van der Waals surface area contributed by atoms with Gasteiger partial charge in [-0.3, -0.25) is 4.79 Å². The number of anilines is 2. The Morgan fingerprint density at radius 2 is 1.86 bits per heavy atom. The summed E-state index contributed by atoms with van der Waals surface area (Å²) in [7, 11) is 0. The smallest absolute Gasteiger partial charge is 0.258 e. The number of hydrogen-bond acceptors (Lipinski definition) is 5. The second-order valence-electron chi connectivity index (χ2n) is 7.41. The SMILES string of the molecule is CCOc1nc2ccccc2nc1N1CCCC(C(=O)Nc2ccc(C)cc2)C1. The van der Waals surface area contributed by atoms with Gasteiger partial charge in [0.05, 0.1) is 23.6 Å². The molecule has 0 spiro atoms. The number of carbonyl (C=O) groups is 1. The van der Waals surface area contributed by atoms with E-state index >= 15 is 0 Å². The summed E-state index contributed by atoms with van der Waals surface area (Å²) in [6.45, 7) is 5.93. The van der Waals surface area contributed by atoms with E-state index in [2.05, 4.69) is 15.2 Å². The van der Waals surface area contributed by atoms with E-state index in [0.29, 0.717) is 19.0 Å². The van der Waals surface area contributed by atoms with E-state index in [0.717, 1.165) is 41.9 Å². The fourth-order valence-corrected chi connectivity index (χ4v) is 3.68. The van der Waals surface area contributed by atoms with Gasteiger partial charge in [-0.1, -0.05) is 29.8 Å². The third-order valence-electron chi connectivity index (χ3n) is 5.21. The van der Waals surface area contributed by atoms with Crippen molar-refractivity contribution in [1.82, 2.24) is 9.97 Å². The fraction of sp³-hybridized carbons (Fsp3) is 0.348. The summed E-state index contributed by atoms with van der Waals surface area (Å²) in [5, 5.41) is 3.05. The highest BCUT2D eigenvalue weighted by Crippen LogP contribution is 2.31. The van der Waals surface area contributed by atoms with Crippen molar-refractivity contribution in [3.05, 3.63) is 54.1 Å². The number of ether oxygens (including phenoxy) is 1. The monoisotopic (exact) mass is 390 g/mol. The van der Waals surface area contributed by atoms with Crippen LogP contribution in [0.2, 0.25) is 0 Å². The molecule has 1 amide bonds. The quantitative estimate of drug-likeness (QED) is 0.707. The van der Waals surface area contributed by atoms with Crippen molar-refractivity contribution < 1.29 is 9.53 Å². The first-order valence-electron chi connectivity index (χ1n) is 10.2. The van der Waals surface area contributed by atoms with Gasteiger partial charge in [-0.05, 0) is 51.0 Å². The first kappa shape index (κ1) is 19.2. The molecule has 0 saturated carbocycles. The van der Waals surface area contributed by atoms with Crippen LogP contribution in [-0.2, 0) is 4.79 Å². The molecule has 0 aliphatic carbocycles. The van der Waals surface area contributed by atoms with Gasteiger partial charge in [0.1, 0.15) is 0 Å². The first-order valence-corrected chi connectivity index (χ1v) is 10.2. The molecule has 0 radical (unpaired) electrons. The summed E-state index contributed by atoms with van der Waals surface area (Å²) in [6, 6.07) is 15.7. The zero-order chi connectivity index (χ0) is 20.2. The molecule has 2 heterocycles. The van der Waals surface area contributed by atoms with E-state index in [9.17, 15) is 4.79 Å². The molecule has 6 nitrogen and oxygen atoms in total. The molecule has 3 aromatic rings. The predicted molar refractivity (Wildman–Crippen MR) is 115 cm³/mol. The lowest BCUT2D eigenvalue weighted by Gasteiger charge is -2.33. The van der Waals surface area contributed by atoms with Gasteiger partial charge in [0.15, 0.2) is 5.82 Å². The molecule has 150 valence electrons. The molecule has 4 rings (SSSR count). The van der Waals surface area contributed by atoms with Gasteiger partial charge in [0.25, 0.3) is 5.88 Å². The normalized spacial score (nSPS) is 16.6. The minimum Gasteiger partial charge on any atom is -0.475 e. The van der Waals surface area contributed by atoms with Crippen molar-refractivity contribution in [2.45, 2.75) is 26.7 Å². The van der Waals surface area contributed by atoms with Crippen LogP contribution in [0.15, 0.2) is 48.5 Å². The van der Waals surface area contributed by atoms with Crippen molar-refractivity contribution in [1.29, 1.82) is 0 Å². The maximum Gasteiger partial charge on any atom is 0.258 e. The highest BCUT2D eigenvalue weighted by Gasteiger charge is 2.29. The highest BCUT2D eigenvalue weighted by atomic mass is 16.5. The Labute approximate surface area is 170 Å². The van der Waals surface area contributed by atoms with Crippen LogP contribution in [0.25, 0.3) is 11.0 Å². The number of benzene rings is 2. The molecule has 1 N–H and O–H groups in total. The third kappa shape index (κ3) is 4.31. The lowest BCUT2D eigenvalue weighted by Crippen LogP contribution is -2.41. The number of amides is 1. The number of nitrogens with zero attached hydrogens (tertiary/aromatic N) is 3. The number of fused-ring (bicyclic) bond motifs is 1. The van der Waals surface area contributed by atoms with Crippen molar-refractivity contribution in [2.75, 3.05) is 29.9 Å². The van der Waals surface area contributed by atoms with E-state index in [1.165, 1.54) is 5.56 Å². The number of rotatable bonds is 5. The molecule has 1 unspecified atom stereocenters. The van der Waals surface area contributed by atoms with Crippen LogP contribution < -0.4 is 15.0 Å². The lowest BCUT2D eigenvalue weighted by atomic mass is 9.97. The van der Waals surface area contributed by atoms with Gasteiger partial charge in [0, 0.05) is 18.8 Å². The summed E-state index contributed by atoms with van der Waals surface area (Å²) >= 11 is 0. The average molecular weight is 390 g/mol. The molecule has 0 bridgehead atoms. The van der Waals surface area contributed by atoms with Crippen LogP contribution in [0.4, 0.5) is 11.5 Å². The number of carbonyl (C=O) groups excluding carboxylic acids is 1. The van der Waals surface area contributed by atoms with Crippen LogP contribution >= 0.6 is 0 Å². The predicted octanol–water partition coefficient (Wildman–Crippen LogP) is 4.19. The Hall–Kier alpha value is -3.15. The van der Waals surface area contributed by atoms with Crippen LogP contribution in [0.3, 0.4) is 0 Å². The van der Waals surface area contributed by atoms with Crippen LogP contribution in [0.1, 0.15) is 25.3 Å². The van der Waals surface area contributed by atoms with Crippen molar-refractivity contribution in [3.63, 3.8) is 0 Å². The van der Waals surface area contributed by atoms with Crippen molar-refractivity contribution >= 4 is 28.4 Å². The molecule has 6 heteroatoms. The average Bonchev–Trinajstić information content (AvgIpc) is 2.75. The van der Waals surface area contributed by atoms with Crippen LogP contribution in [0.5, 0.6) is 5.88 Å². The molecule has 1 saturated heterocycles. The number of aromatic nitrogens is 2. The minimum absolute atomic E-state index is 0.0465. The summed E-state index contributed by atoms with van der Waals surface area (Å²) in [5.74, 6) is 1.20. The zero-order valence-electron chi connectivity index (χ0n) is 16.9. The number of hydrogen-bond donors (Lipinski definition) is 1. The van der Waals surface area contributed by atoms with E-state index in [-0.39, 0.29) is 11.8 Å². The van der Waals surface area contributed by atoms with Gasteiger partial charge < -0.3 is 15.0 Å². The van der Waals surface area contributed by atoms with E-state index < -0.39 is 0 Å². The number of para-hydroxylation sites is 2. The second-order valence-corrected chi connectivity index (χ2v) is 7.41. The Bertz CT molecular complexity index is 1000. The molecular weight excluding hydrogens is 364 g/mol. The van der Waals surface area contributed by atoms with Crippen molar-refractivity contribution in [3.8, 4) is 5.88 Å². The van der Waals surface area contributed by atoms with Crippen molar-refractivity contribution in [2.24, 2.45) is 5.92 Å². The van der Waals surface area contributed by atoms with Crippen LogP contribution in [0, 0.1) is 12.8 Å². The summed E-state index contributed by atoms with van der Waals surface area (Å²) < 4.78 is 5.79. The van der Waals surface area contributed by atoms with Gasteiger partial charge in [-0.25, -0.2) is 9.97 Å². The summed E-state index contributed by atoms with van der Waals surface area (Å²) in [6.07, 6.45) is 1.78. The maximum atomic E-state index is 12.8. The Morgan fingerprint density at radius 3 is 2.59 bits per heavy atom. The summed E-state index contributed by atoms with van der Waals surface area (Å²) in [5.41, 5.74) is 3.64. The standard InChI is InChI=1S/C23H26N4O2/c1-3-29-23-21(25-19-8-4-5-9-20(19)26-23)27-14-6-7-17(15-27)22(28)24-18-12-10-16(2)11-13-18/h4-5,8-13,17H,3,6-7,14-15H2,1-2H3,(H,24,28). The molecule has 1 atom stereocenters. The molecule has 1 aromatic heterocycles. The topological polar surface area (TPSA) is 67.4 Å². The number of nitrogens with one attached hydrogen (secondary N) is 1. The Morgan fingerprint density at radius 1 is 1.14 bits per heavy atom. The minimum atomic E-state index is -0.104. The molecule has 1 fully saturated rings. The largest absolute Gasteiger partial charge is 0.475 e. The Kier molecular flexibility index (Phi) is 5.60. The van der Waals surface area contributed by atoms with E-state index in [1.54, 1.807) is 0 Å². The Balaban J connectivity index is 1.55. The van der Waals surface area contributed by atoms with E-state index in [1.807, 2.05) is 62.4 Å². The third-order valence-corrected chi connectivity index (χ3v) is 5.21. The molecular formula is C23H26N4O2. The van der Waals surface area contributed by atoms with Gasteiger partial charge in [0.2, 0.25) is 5.91 Å². The van der Waals surface area contributed by atoms with E-state index in [4.69, 9.17) is 9.72 Å². The zero-order valence-corrected chi connectivity index (χ0v) is 16.9. The maximum absolute atomic E-state index is 12.8. The van der Waals surface area contributed by atoms with Gasteiger partial charge >= 0.3 is 0 Å².